The fourth-order valence-electron chi connectivity index (χ4n) is 2.27. The van der Waals surface area contributed by atoms with Crippen molar-refractivity contribution < 1.29 is 9.26 Å². The molecule has 1 aliphatic rings. The second-order valence-electron chi connectivity index (χ2n) is 5.69. The van der Waals surface area contributed by atoms with E-state index in [1.807, 2.05) is 0 Å². The molecule has 2 unspecified atom stereocenters. The predicted molar refractivity (Wildman–Crippen MR) is 73.1 cm³/mol. The number of hydrogen-bond acceptors (Lipinski definition) is 5. The first kappa shape index (κ1) is 14.5. The normalized spacial score (nSPS) is 23.4. The van der Waals surface area contributed by atoms with E-state index in [9.17, 15) is 0 Å². The zero-order chi connectivity index (χ0) is 13.7. The molecule has 1 aromatic heterocycles. The smallest absolute Gasteiger partial charge is 0.233 e. The van der Waals surface area contributed by atoms with Crippen LogP contribution in [0.25, 0.3) is 0 Å². The summed E-state index contributed by atoms with van der Waals surface area (Å²) in [5.74, 6) is 2.41. The standard InChI is InChI=1S/C14H25N3O2/c1-4-7-15-12-9-18-8-11(12)14-16-13(17-19-14)6-5-10(2)3/h10-12,15H,4-9H2,1-3H3. The van der Waals surface area contributed by atoms with Gasteiger partial charge in [0.2, 0.25) is 5.89 Å². The summed E-state index contributed by atoms with van der Waals surface area (Å²) in [4.78, 5) is 4.52. The quantitative estimate of drug-likeness (QED) is 0.820. The average Bonchev–Trinajstić information content (AvgIpc) is 3.02. The van der Waals surface area contributed by atoms with Crippen LogP contribution in [-0.2, 0) is 11.2 Å². The maximum Gasteiger partial charge on any atom is 0.233 e. The predicted octanol–water partition coefficient (Wildman–Crippen LogP) is 2.14. The van der Waals surface area contributed by atoms with Crippen molar-refractivity contribution in [3.05, 3.63) is 11.7 Å². The minimum absolute atomic E-state index is 0.201. The minimum Gasteiger partial charge on any atom is -0.379 e. The number of aromatic nitrogens is 2. The first-order valence-corrected chi connectivity index (χ1v) is 7.34. The first-order valence-electron chi connectivity index (χ1n) is 7.34. The lowest BCUT2D eigenvalue weighted by Crippen LogP contribution is -2.35. The molecule has 2 atom stereocenters. The molecule has 5 nitrogen and oxygen atoms in total. The molecular formula is C14H25N3O2. The van der Waals surface area contributed by atoms with Crippen LogP contribution in [0.3, 0.4) is 0 Å². The molecular weight excluding hydrogens is 242 g/mol. The van der Waals surface area contributed by atoms with Crippen molar-refractivity contribution in [2.75, 3.05) is 19.8 Å². The van der Waals surface area contributed by atoms with Crippen LogP contribution in [0.1, 0.15) is 51.2 Å². The van der Waals surface area contributed by atoms with Gasteiger partial charge in [0.15, 0.2) is 5.82 Å². The highest BCUT2D eigenvalue weighted by Gasteiger charge is 2.33. The summed E-state index contributed by atoms with van der Waals surface area (Å²) in [7, 11) is 0. The molecule has 0 aliphatic carbocycles. The highest BCUT2D eigenvalue weighted by atomic mass is 16.5. The first-order chi connectivity index (χ1) is 9.20. The Morgan fingerprint density at radius 3 is 2.95 bits per heavy atom. The van der Waals surface area contributed by atoms with Gasteiger partial charge in [-0.2, -0.15) is 4.98 Å². The van der Waals surface area contributed by atoms with Crippen molar-refractivity contribution in [3.8, 4) is 0 Å². The SMILES string of the molecule is CCCNC1COCC1c1nc(CCC(C)C)no1. The Kier molecular flexibility index (Phi) is 5.34. The van der Waals surface area contributed by atoms with Gasteiger partial charge in [-0.25, -0.2) is 0 Å². The average molecular weight is 267 g/mol. The third kappa shape index (κ3) is 4.01. The van der Waals surface area contributed by atoms with Crippen molar-refractivity contribution >= 4 is 0 Å². The van der Waals surface area contributed by atoms with Gasteiger partial charge in [-0.3, -0.25) is 0 Å². The van der Waals surface area contributed by atoms with Crippen LogP contribution in [0.4, 0.5) is 0 Å². The lowest BCUT2D eigenvalue weighted by Gasteiger charge is -2.14. The van der Waals surface area contributed by atoms with Crippen LogP contribution in [0.2, 0.25) is 0 Å². The zero-order valence-corrected chi connectivity index (χ0v) is 12.2. The highest BCUT2D eigenvalue weighted by Crippen LogP contribution is 2.24. The summed E-state index contributed by atoms with van der Waals surface area (Å²) in [6.45, 7) is 8.97. The lowest BCUT2D eigenvalue weighted by molar-refractivity contribution is 0.184. The van der Waals surface area contributed by atoms with Crippen LogP contribution >= 0.6 is 0 Å². The molecule has 108 valence electrons. The third-order valence-electron chi connectivity index (χ3n) is 3.48. The molecule has 1 fully saturated rings. The van der Waals surface area contributed by atoms with Gasteiger partial charge in [0, 0.05) is 12.5 Å². The van der Waals surface area contributed by atoms with Crippen molar-refractivity contribution in [1.29, 1.82) is 0 Å². The van der Waals surface area contributed by atoms with Crippen molar-refractivity contribution in [3.63, 3.8) is 0 Å². The summed E-state index contributed by atoms with van der Waals surface area (Å²) in [6.07, 6.45) is 3.10. The minimum atomic E-state index is 0.201. The van der Waals surface area contributed by atoms with Gasteiger partial charge in [-0.1, -0.05) is 25.9 Å². The molecule has 1 saturated heterocycles. The molecule has 0 amide bonds. The van der Waals surface area contributed by atoms with Gasteiger partial charge in [-0.05, 0) is 25.3 Å². The van der Waals surface area contributed by atoms with E-state index in [0.717, 1.165) is 44.1 Å². The maximum absolute atomic E-state index is 5.54. The Hall–Kier alpha value is -0.940. The summed E-state index contributed by atoms with van der Waals surface area (Å²) in [6, 6.07) is 0.304. The van der Waals surface area contributed by atoms with Gasteiger partial charge in [0.1, 0.15) is 0 Å². The summed E-state index contributed by atoms with van der Waals surface area (Å²) >= 11 is 0. The number of rotatable bonds is 7. The molecule has 2 heterocycles. The molecule has 1 N–H and O–H groups in total. The Labute approximate surface area is 115 Å². The number of nitrogens with zero attached hydrogens (tertiary/aromatic N) is 2. The molecule has 0 saturated carbocycles. The summed E-state index contributed by atoms with van der Waals surface area (Å²) < 4.78 is 10.9. The van der Waals surface area contributed by atoms with Gasteiger partial charge in [0.05, 0.1) is 19.1 Å². The van der Waals surface area contributed by atoms with Gasteiger partial charge in [0.25, 0.3) is 0 Å². The Bertz CT molecular complexity index is 379. The van der Waals surface area contributed by atoms with Crippen molar-refractivity contribution in [2.45, 2.75) is 52.0 Å². The van der Waals surface area contributed by atoms with Crippen LogP contribution in [-0.4, -0.2) is 35.9 Å². The second kappa shape index (κ2) is 7.01. The van der Waals surface area contributed by atoms with E-state index in [-0.39, 0.29) is 5.92 Å². The fraction of sp³-hybridized carbons (Fsp3) is 0.857. The van der Waals surface area contributed by atoms with Crippen molar-refractivity contribution in [1.82, 2.24) is 15.5 Å². The van der Waals surface area contributed by atoms with Gasteiger partial charge in [-0.15, -0.1) is 0 Å². The van der Waals surface area contributed by atoms with Gasteiger partial charge < -0.3 is 14.6 Å². The van der Waals surface area contributed by atoms with E-state index >= 15 is 0 Å². The number of nitrogens with one attached hydrogen (secondary N) is 1. The van der Waals surface area contributed by atoms with E-state index < -0.39 is 0 Å². The van der Waals surface area contributed by atoms with Crippen LogP contribution < -0.4 is 5.32 Å². The van der Waals surface area contributed by atoms with Crippen LogP contribution in [0.15, 0.2) is 4.52 Å². The molecule has 0 radical (unpaired) electrons. The Morgan fingerprint density at radius 2 is 2.21 bits per heavy atom. The summed E-state index contributed by atoms with van der Waals surface area (Å²) in [5.41, 5.74) is 0. The maximum atomic E-state index is 5.54. The molecule has 2 rings (SSSR count). The van der Waals surface area contributed by atoms with E-state index in [2.05, 4.69) is 36.2 Å². The van der Waals surface area contributed by atoms with Gasteiger partial charge >= 0.3 is 0 Å². The lowest BCUT2D eigenvalue weighted by atomic mass is 10.0. The molecule has 1 aliphatic heterocycles. The zero-order valence-electron chi connectivity index (χ0n) is 12.2. The molecule has 5 heteroatoms. The molecule has 19 heavy (non-hydrogen) atoms. The molecule has 0 bridgehead atoms. The monoisotopic (exact) mass is 267 g/mol. The van der Waals surface area contributed by atoms with E-state index in [1.165, 1.54) is 0 Å². The van der Waals surface area contributed by atoms with Crippen LogP contribution in [0, 0.1) is 5.92 Å². The highest BCUT2D eigenvalue weighted by molar-refractivity contribution is 5.02. The number of hydrogen-bond donors (Lipinski definition) is 1. The van der Waals surface area contributed by atoms with E-state index in [0.29, 0.717) is 18.6 Å². The van der Waals surface area contributed by atoms with E-state index in [1.54, 1.807) is 0 Å². The Morgan fingerprint density at radius 1 is 1.37 bits per heavy atom. The van der Waals surface area contributed by atoms with Crippen LogP contribution in [0.5, 0.6) is 0 Å². The third-order valence-corrected chi connectivity index (χ3v) is 3.48. The number of ether oxygens (including phenoxy) is 1. The number of aryl methyl sites for hydroxylation is 1. The molecule has 0 spiro atoms. The molecule has 1 aromatic rings. The second-order valence-corrected chi connectivity index (χ2v) is 5.69. The Balaban J connectivity index is 1.93. The largest absolute Gasteiger partial charge is 0.379 e. The summed E-state index contributed by atoms with van der Waals surface area (Å²) in [5, 5.41) is 7.56. The fourth-order valence-corrected chi connectivity index (χ4v) is 2.27. The van der Waals surface area contributed by atoms with E-state index in [4.69, 9.17) is 9.26 Å². The van der Waals surface area contributed by atoms with Crippen molar-refractivity contribution in [2.24, 2.45) is 5.92 Å². The molecule has 0 aromatic carbocycles. The topological polar surface area (TPSA) is 60.2 Å².